The number of furan rings is 1. The molecule has 2 aromatic rings. The highest BCUT2D eigenvalue weighted by Crippen LogP contribution is 2.12. The zero-order valence-electron chi connectivity index (χ0n) is 14.6. The van der Waals surface area contributed by atoms with Crippen molar-refractivity contribution in [1.29, 1.82) is 0 Å². The van der Waals surface area contributed by atoms with Gasteiger partial charge in [0, 0.05) is 25.3 Å². The molecule has 2 heterocycles. The van der Waals surface area contributed by atoms with Gasteiger partial charge in [0.05, 0.1) is 18.5 Å². The van der Waals surface area contributed by atoms with Crippen molar-refractivity contribution in [3.63, 3.8) is 0 Å². The van der Waals surface area contributed by atoms with Crippen LogP contribution < -0.4 is 10.6 Å². The minimum atomic E-state index is -0.731. The maximum atomic E-state index is 10.0. The molecule has 2 rings (SSSR count). The molecule has 0 aliphatic rings. The van der Waals surface area contributed by atoms with Gasteiger partial charge < -0.3 is 20.2 Å². The van der Waals surface area contributed by atoms with E-state index >= 15 is 0 Å². The molecule has 24 heavy (non-hydrogen) atoms. The van der Waals surface area contributed by atoms with E-state index in [-0.39, 0.29) is 6.54 Å². The monoisotopic (exact) mass is 333 g/mol. The molecular formula is C17H27N5O2. The Bertz CT molecular complexity index is 633. The summed E-state index contributed by atoms with van der Waals surface area (Å²) < 4.78 is 7.19. The Morgan fingerprint density at radius 1 is 1.42 bits per heavy atom. The van der Waals surface area contributed by atoms with Crippen LogP contribution in [0, 0.1) is 13.8 Å². The first-order valence-corrected chi connectivity index (χ1v) is 8.35. The molecule has 0 aromatic carbocycles. The van der Waals surface area contributed by atoms with Crippen LogP contribution in [0.2, 0.25) is 0 Å². The number of guanidine groups is 1. The van der Waals surface area contributed by atoms with E-state index < -0.39 is 6.10 Å². The largest absolute Gasteiger partial charge is 0.467 e. The average Bonchev–Trinajstić information content (AvgIpc) is 3.18. The van der Waals surface area contributed by atoms with Crippen molar-refractivity contribution >= 4 is 5.96 Å². The lowest BCUT2D eigenvalue weighted by Gasteiger charge is -2.12. The molecule has 1 atom stereocenters. The lowest BCUT2D eigenvalue weighted by molar-refractivity contribution is 0.158. The maximum Gasteiger partial charge on any atom is 0.191 e. The minimum absolute atomic E-state index is 0.250. The molecule has 0 aliphatic heterocycles. The fourth-order valence-corrected chi connectivity index (χ4v) is 2.43. The number of hydrogen-bond donors (Lipinski definition) is 3. The Morgan fingerprint density at radius 2 is 2.25 bits per heavy atom. The standard InChI is InChI=1S/C17H27N5O2/c1-4-18-17(20-12-15(23)16-7-5-10-24-16)19-8-6-9-22-14(3)11-13(2)21-22/h5,7,10-11,15,23H,4,6,8-9,12H2,1-3H3,(H2,18,19,20). The van der Waals surface area contributed by atoms with Crippen molar-refractivity contribution in [1.82, 2.24) is 20.4 Å². The summed E-state index contributed by atoms with van der Waals surface area (Å²) in [5, 5.41) is 20.9. The second-order valence-corrected chi connectivity index (χ2v) is 5.68. The van der Waals surface area contributed by atoms with Crippen molar-refractivity contribution in [2.75, 3.05) is 19.6 Å². The number of hydrogen-bond acceptors (Lipinski definition) is 4. The van der Waals surface area contributed by atoms with Gasteiger partial charge in [0.1, 0.15) is 11.9 Å². The van der Waals surface area contributed by atoms with Gasteiger partial charge in [-0.1, -0.05) is 0 Å². The van der Waals surface area contributed by atoms with Crippen LogP contribution in [-0.4, -0.2) is 40.5 Å². The van der Waals surface area contributed by atoms with Crippen LogP contribution in [0.5, 0.6) is 0 Å². The number of aliphatic hydroxyl groups excluding tert-OH is 1. The van der Waals surface area contributed by atoms with Crippen LogP contribution in [0.4, 0.5) is 0 Å². The first-order chi connectivity index (χ1) is 11.6. The molecule has 7 heteroatoms. The Hall–Kier alpha value is -2.28. The Kier molecular flexibility index (Phi) is 6.87. The van der Waals surface area contributed by atoms with Gasteiger partial charge in [-0.15, -0.1) is 0 Å². The maximum absolute atomic E-state index is 10.0. The zero-order valence-corrected chi connectivity index (χ0v) is 14.6. The molecule has 0 amide bonds. The van der Waals surface area contributed by atoms with Crippen molar-refractivity contribution < 1.29 is 9.52 Å². The lowest BCUT2D eigenvalue weighted by Crippen LogP contribution is -2.38. The van der Waals surface area contributed by atoms with Crippen LogP contribution in [0.15, 0.2) is 33.9 Å². The Morgan fingerprint density at radius 3 is 2.88 bits per heavy atom. The molecule has 0 bridgehead atoms. The summed E-state index contributed by atoms with van der Waals surface area (Å²) in [5.41, 5.74) is 2.22. The number of aliphatic imine (C=N–C) groups is 1. The smallest absolute Gasteiger partial charge is 0.191 e. The van der Waals surface area contributed by atoms with Crippen molar-refractivity contribution in [2.24, 2.45) is 4.99 Å². The van der Waals surface area contributed by atoms with Crippen LogP contribution in [0.3, 0.4) is 0 Å². The summed E-state index contributed by atoms with van der Waals surface area (Å²) in [4.78, 5) is 4.40. The summed E-state index contributed by atoms with van der Waals surface area (Å²) in [6, 6.07) is 5.58. The second kappa shape index (κ2) is 9.12. The highest BCUT2D eigenvalue weighted by molar-refractivity contribution is 5.79. The van der Waals surface area contributed by atoms with E-state index in [2.05, 4.69) is 33.7 Å². The molecule has 3 N–H and O–H groups in total. The van der Waals surface area contributed by atoms with Crippen LogP contribution >= 0.6 is 0 Å². The van der Waals surface area contributed by atoms with Crippen LogP contribution in [0.25, 0.3) is 0 Å². The van der Waals surface area contributed by atoms with E-state index in [0.29, 0.717) is 11.7 Å². The fourth-order valence-electron chi connectivity index (χ4n) is 2.43. The van der Waals surface area contributed by atoms with E-state index in [1.807, 2.05) is 18.5 Å². The number of aromatic nitrogens is 2. The lowest BCUT2D eigenvalue weighted by atomic mass is 10.3. The van der Waals surface area contributed by atoms with Crippen molar-refractivity contribution in [3.8, 4) is 0 Å². The van der Waals surface area contributed by atoms with Gasteiger partial charge in [-0.25, -0.2) is 0 Å². The molecule has 0 saturated carbocycles. The number of aryl methyl sites for hydroxylation is 3. The van der Waals surface area contributed by atoms with E-state index in [0.717, 1.165) is 31.7 Å². The zero-order chi connectivity index (χ0) is 17.4. The van der Waals surface area contributed by atoms with Gasteiger partial charge in [-0.05, 0) is 45.4 Å². The molecule has 132 valence electrons. The van der Waals surface area contributed by atoms with Gasteiger partial charge in [-0.2, -0.15) is 5.10 Å². The Balaban J connectivity index is 1.78. The first-order valence-electron chi connectivity index (χ1n) is 8.35. The molecule has 2 aromatic heterocycles. The average molecular weight is 333 g/mol. The van der Waals surface area contributed by atoms with Crippen LogP contribution in [0.1, 0.15) is 36.6 Å². The first kappa shape index (κ1) is 18.1. The van der Waals surface area contributed by atoms with Gasteiger partial charge in [0.15, 0.2) is 5.96 Å². The van der Waals surface area contributed by atoms with E-state index in [9.17, 15) is 5.11 Å². The molecule has 0 aliphatic carbocycles. The number of nitrogens with zero attached hydrogens (tertiary/aromatic N) is 3. The molecule has 0 spiro atoms. The minimum Gasteiger partial charge on any atom is -0.467 e. The SMILES string of the molecule is CCNC(=NCC(O)c1ccco1)NCCCn1nc(C)cc1C. The second-order valence-electron chi connectivity index (χ2n) is 5.68. The molecular weight excluding hydrogens is 306 g/mol. The normalized spacial score (nSPS) is 13.1. The summed E-state index contributed by atoms with van der Waals surface area (Å²) in [5.74, 6) is 1.22. The molecule has 0 saturated heterocycles. The Labute approximate surface area is 142 Å². The highest BCUT2D eigenvalue weighted by Gasteiger charge is 2.10. The van der Waals surface area contributed by atoms with Crippen molar-refractivity contribution in [2.45, 2.75) is 39.8 Å². The highest BCUT2D eigenvalue weighted by atomic mass is 16.4. The van der Waals surface area contributed by atoms with Gasteiger partial charge >= 0.3 is 0 Å². The quantitative estimate of drug-likeness (QED) is 0.389. The van der Waals surface area contributed by atoms with Crippen molar-refractivity contribution in [3.05, 3.63) is 41.6 Å². The van der Waals surface area contributed by atoms with Crippen LogP contribution in [-0.2, 0) is 6.54 Å². The summed E-state index contributed by atoms with van der Waals surface area (Å²) >= 11 is 0. The van der Waals surface area contributed by atoms with Gasteiger partial charge in [0.25, 0.3) is 0 Å². The summed E-state index contributed by atoms with van der Waals surface area (Å²) in [6.07, 6.45) is 1.75. The third-order valence-corrected chi connectivity index (χ3v) is 3.58. The fraction of sp³-hybridized carbons (Fsp3) is 0.529. The number of nitrogens with one attached hydrogen (secondary N) is 2. The molecule has 7 nitrogen and oxygen atoms in total. The number of aliphatic hydroxyl groups is 1. The topological polar surface area (TPSA) is 87.6 Å². The molecule has 1 unspecified atom stereocenters. The predicted octanol–water partition coefficient (Wildman–Crippen LogP) is 1.77. The summed E-state index contributed by atoms with van der Waals surface area (Å²) in [6.45, 7) is 8.73. The summed E-state index contributed by atoms with van der Waals surface area (Å²) in [7, 11) is 0. The molecule has 0 radical (unpaired) electrons. The van der Waals surface area contributed by atoms with E-state index in [1.165, 1.54) is 5.69 Å². The van der Waals surface area contributed by atoms with Gasteiger partial charge in [0.2, 0.25) is 0 Å². The molecule has 0 fully saturated rings. The third-order valence-electron chi connectivity index (χ3n) is 3.58. The van der Waals surface area contributed by atoms with E-state index in [4.69, 9.17) is 4.42 Å². The predicted molar refractivity (Wildman–Crippen MR) is 94.0 cm³/mol. The number of rotatable bonds is 8. The van der Waals surface area contributed by atoms with Gasteiger partial charge in [-0.3, -0.25) is 9.67 Å². The third kappa shape index (κ3) is 5.42. The van der Waals surface area contributed by atoms with E-state index in [1.54, 1.807) is 18.4 Å².